The largest absolute Gasteiger partial charge is 0.461 e. The second-order valence-electron chi connectivity index (χ2n) is 4.99. The molecule has 4 nitrogen and oxygen atoms in total. The molecule has 92 valence electrons. The van der Waals surface area contributed by atoms with E-state index in [1.54, 1.807) is 6.08 Å². The third-order valence-electron chi connectivity index (χ3n) is 4.25. The molecule has 3 aliphatic rings. The van der Waals surface area contributed by atoms with Crippen molar-refractivity contribution < 1.29 is 14.3 Å². The molecule has 2 bridgehead atoms. The van der Waals surface area contributed by atoms with E-state index in [0.717, 1.165) is 6.42 Å². The highest BCUT2D eigenvalue weighted by Gasteiger charge is 2.67. The number of esters is 1. The Morgan fingerprint density at radius 3 is 3.06 bits per heavy atom. The van der Waals surface area contributed by atoms with Crippen LogP contribution in [0.25, 0.3) is 0 Å². The Morgan fingerprint density at radius 1 is 1.59 bits per heavy atom. The molecule has 0 aromatic rings. The first-order chi connectivity index (χ1) is 8.15. The SMILES string of the molecule is C=CCNC(=O)[C@@H]1[C@H]2C[C@H]3[C@H](OC(=O)[C@@H]31)[C@H]2Br. The monoisotopic (exact) mass is 299 g/mol. The van der Waals surface area contributed by atoms with Gasteiger partial charge >= 0.3 is 5.97 Å². The van der Waals surface area contributed by atoms with E-state index in [1.807, 2.05) is 0 Å². The number of carbonyl (C=O) groups is 2. The molecule has 1 amide bonds. The lowest BCUT2D eigenvalue weighted by atomic mass is 9.79. The van der Waals surface area contributed by atoms with Gasteiger partial charge in [-0.15, -0.1) is 6.58 Å². The molecule has 1 heterocycles. The van der Waals surface area contributed by atoms with E-state index >= 15 is 0 Å². The van der Waals surface area contributed by atoms with Gasteiger partial charge in [-0.25, -0.2) is 0 Å². The summed E-state index contributed by atoms with van der Waals surface area (Å²) in [7, 11) is 0. The van der Waals surface area contributed by atoms with Gasteiger partial charge in [0.15, 0.2) is 0 Å². The molecule has 6 atom stereocenters. The van der Waals surface area contributed by atoms with Crippen LogP contribution in [0.5, 0.6) is 0 Å². The summed E-state index contributed by atoms with van der Waals surface area (Å²) >= 11 is 3.58. The maximum atomic E-state index is 12.1. The van der Waals surface area contributed by atoms with Crippen LogP contribution >= 0.6 is 15.9 Å². The molecule has 1 aliphatic heterocycles. The van der Waals surface area contributed by atoms with Gasteiger partial charge in [-0.3, -0.25) is 9.59 Å². The fraction of sp³-hybridized carbons (Fsp3) is 0.667. The fourth-order valence-electron chi connectivity index (χ4n) is 3.62. The van der Waals surface area contributed by atoms with Crippen LogP contribution in [-0.2, 0) is 14.3 Å². The summed E-state index contributed by atoms with van der Waals surface area (Å²) in [6, 6.07) is 0. The minimum Gasteiger partial charge on any atom is -0.461 e. The molecule has 17 heavy (non-hydrogen) atoms. The Bertz CT molecular complexity index is 397. The van der Waals surface area contributed by atoms with Crippen LogP contribution < -0.4 is 5.32 Å². The third-order valence-corrected chi connectivity index (χ3v) is 5.45. The van der Waals surface area contributed by atoms with Crippen LogP contribution in [0.1, 0.15) is 6.42 Å². The molecule has 2 saturated carbocycles. The summed E-state index contributed by atoms with van der Waals surface area (Å²) in [4.78, 5) is 24.0. The predicted octanol–water partition coefficient (Wildman–Crippen LogP) is 0.860. The first-order valence-corrected chi connectivity index (χ1v) is 6.80. The van der Waals surface area contributed by atoms with Crippen molar-refractivity contribution in [2.45, 2.75) is 17.4 Å². The molecule has 1 N–H and O–H groups in total. The smallest absolute Gasteiger partial charge is 0.310 e. The molecule has 5 heteroatoms. The number of hydrogen-bond acceptors (Lipinski definition) is 3. The van der Waals surface area contributed by atoms with E-state index in [9.17, 15) is 9.59 Å². The molecule has 1 saturated heterocycles. The summed E-state index contributed by atoms with van der Waals surface area (Å²) in [6.45, 7) is 4.02. The number of amides is 1. The highest BCUT2D eigenvalue weighted by molar-refractivity contribution is 9.09. The van der Waals surface area contributed by atoms with Crippen molar-refractivity contribution in [3.05, 3.63) is 12.7 Å². The van der Waals surface area contributed by atoms with Gasteiger partial charge in [0.25, 0.3) is 0 Å². The molecule has 3 fully saturated rings. The topological polar surface area (TPSA) is 55.4 Å². The lowest BCUT2D eigenvalue weighted by Gasteiger charge is -2.27. The van der Waals surface area contributed by atoms with Crippen LogP contribution in [0.2, 0.25) is 0 Å². The molecular formula is C12H14BrNO3. The van der Waals surface area contributed by atoms with Gasteiger partial charge in [0.1, 0.15) is 6.10 Å². The maximum Gasteiger partial charge on any atom is 0.310 e. The Hall–Kier alpha value is -0.840. The first kappa shape index (κ1) is 11.3. The minimum atomic E-state index is -0.226. The van der Waals surface area contributed by atoms with Crippen LogP contribution in [0.15, 0.2) is 12.7 Å². The predicted molar refractivity (Wildman–Crippen MR) is 64.4 cm³/mol. The fourth-order valence-corrected chi connectivity index (χ4v) is 4.67. The van der Waals surface area contributed by atoms with E-state index in [1.165, 1.54) is 0 Å². The van der Waals surface area contributed by atoms with Crippen LogP contribution in [-0.4, -0.2) is 29.4 Å². The van der Waals surface area contributed by atoms with Crippen LogP contribution in [0, 0.1) is 23.7 Å². The highest BCUT2D eigenvalue weighted by atomic mass is 79.9. The highest BCUT2D eigenvalue weighted by Crippen LogP contribution is 2.59. The van der Waals surface area contributed by atoms with E-state index in [0.29, 0.717) is 6.54 Å². The summed E-state index contributed by atoms with van der Waals surface area (Å²) < 4.78 is 5.35. The second kappa shape index (κ2) is 3.83. The molecule has 0 aromatic heterocycles. The van der Waals surface area contributed by atoms with Gasteiger partial charge in [-0.05, 0) is 12.3 Å². The van der Waals surface area contributed by atoms with Crippen molar-refractivity contribution in [2.24, 2.45) is 23.7 Å². The van der Waals surface area contributed by atoms with Gasteiger partial charge in [0.05, 0.1) is 16.7 Å². The van der Waals surface area contributed by atoms with E-state index in [4.69, 9.17) is 4.74 Å². The van der Waals surface area contributed by atoms with Crippen LogP contribution in [0.3, 0.4) is 0 Å². The van der Waals surface area contributed by atoms with Gasteiger partial charge in [0.2, 0.25) is 5.91 Å². The first-order valence-electron chi connectivity index (χ1n) is 5.88. The Kier molecular flexibility index (Phi) is 2.54. The number of halogens is 1. The zero-order chi connectivity index (χ0) is 12.2. The number of hydrogen-bond donors (Lipinski definition) is 1. The Labute approximate surface area is 108 Å². The van der Waals surface area contributed by atoms with Crippen molar-refractivity contribution >= 4 is 27.8 Å². The summed E-state index contributed by atoms with van der Waals surface area (Å²) in [5.74, 6) is -0.214. The number of carbonyl (C=O) groups excluding carboxylic acids is 2. The Morgan fingerprint density at radius 2 is 2.35 bits per heavy atom. The standard InChI is InChI=1S/C12H14BrNO3/c1-2-3-14-11(15)7-5-4-6-8(7)12(16)17-10(6)9(5)13/h2,5-10H,1,3-4H2,(H,14,15)/t5-,6-,7-,8+,9+,10+/m1/s1. The van der Waals surface area contributed by atoms with E-state index in [-0.39, 0.29) is 46.5 Å². The Balaban J connectivity index is 1.84. The summed E-state index contributed by atoms with van der Waals surface area (Å²) in [5.41, 5.74) is 0. The third kappa shape index (κ3) is 1.41. The zero-order valence-corrected chi connectivity index (χ0v) is 10.9. The molecule has 2 aliphatic carbocycles. The van der Waals surface area contributed by atoms with E-state index < -0.39 is 0 Å². The quantitative estimate of drug-likeness (QED) is 0.478. The van der Waals surface area contributed by atoms with Crippen molar-refractivity contribution in [1.29, 1.82) is 0 Å². The number of nitrogens with one attached hydrogen (secondary N) is 1. The second-order valence-corrected chi connectivity index (χ2v) is 6.05. The van der Waals surface area contributed by atoms with Gasteiger partial charge in [-0.1, -0.05) is 22.0 Å². The maximum absolute atomic E-state index is 12.1. The molecule has 3 rings (SSSR count). The van der Waals surface area contributed by atoms with Crippen molar-refractivity contribution in [3.8, 4) is 0 Å². The average molecular weight is 300 g/mol. The van der Waals surface area contributed by atoms with Gasteiger partial charge in [0, 0.05) is 12.5 Å². The molecule has 0 unspecified atom stereocenters. The van der Waals surface area contributed by atoms with Gasteiger partial charge < -0.3 is 10.1 Å². The number of alkyl halides is 1. The normalized spacial score (nSPS) is 45.8. The van der Waals surface area contributed by atoms with Crippen molar-refractivity contribution in [2.75, 3.05) is 6.54 Å². The molecular weight excluding hydrogens is 286 g/mol. The zero-order valence-electron chi connectivity index (χ0n) is 9.27. The lowest BCUT2D eigenvalue weighted by Crippen LogP contribution is -2.43. The van der Waals surface area contributed by atoms with E-state index in [2.05, 4.69) is 27.8 Å². The molecule has 0 spiro atoms. The number of fused-ring (bicyclic) bond motifs is 1. The number of ether oxygens (including phenoxy) is 1. The summed E-state index contributed by atoms with van der Waals surface area (Å²) in [5, 5.41) is 2.80. The van der Waals surface area contributed by atoms with Crippen LogP contribution in [0.4, 0.5) is 0 Å². The molecule has 0 aromatic carbocycles. The average Bonchev–Trinajstić information content (AvgIpc) is 2.89. The minimum absolute atomic E-state index is 0.0130. The van der Waals surface area contributed by atoms with Crippen molar-refractivity contribution in [1.82, 2.24) is 5.32 Å². The molecule has 0 radical (unpaired) electrons. The van der Waals surface area contributed by atoms with Gasteiger partial charge in [-0.2, -0.15) is 0 Å². The van der Waals surface area contributed by atoms with Crippen molar-refractivity contribution in [3.63, 3.8) is 0 Å². The number of rotatable bonds is 3. The lowest BCUT2D eigenvalue weighted by molar-refractivity contribution is -0.145. The summed E-state index contributed by atoms with van der Waals surface area (Å²) in [6.07, 6.45) is 2.55.